The van der Waals surface area contributed by atoms with Crippen molar-refractivity contribution < 1.29 is 9.50 Å². The van der Waals surface area contributed by atoms with E-state index in [2.05, 4.69) is 4.98 Å². The summed E-state index contributed by atoms with van der Waals surface area (Å²) < 4.78 is 14.9. The zero-order valence-electron chi connectivity index (χ0n) is 11.3. The highest BCUT2D eigenvalue weighted by atomic mass is 19.1. The van der Waals surface area contributed by atoms with E-state index in [0.29, 0.717) is 12.8 Å². The summed E-state index contributed by atoms with van der Waals surface area (Å²) in [7, 11) is 0. The van der Waals surface area contributed by atoms with E-state index >= 15 is 0 Å². The lowest BCUT2D eigenvalue weighted by Crippen LogP contribution is -2.31. The van der Waals surface area contributed by atoms with Crippen LogP contribution in [0.4, 0.5) is 4.39 Å². The minimum Gasteiger partial charge on any atom is -0.389 e. The Morgan fingerprint density at radius 3 is 2.58 bits per heavy atom. The van der Waals surface area contributed by atoms with Gasteiger partial charge in [-0.1, -0.05) is 12.1 Å². The van der Waals surface area contributed by atoms with Crippen molar-refractivity contribution in [3.8, 4) is 0 Å². The van der Waals surface area contributed by atoms with Gasteiger partial charge in [-0.05, 0) is 31.5 Å². The Bertz CT molecular complexity index is 531. The fourth-order valence-corrected chi connectivity index (χ4v) is 2.24. The van der Waals surface area contributed by atoms with Crippen LogP contribution in [0.3, 0.4) is 0 Å². The molecule has 0 fully saturated rings. The van der Waals surface area contributed by atoms with Gasteiger partial charge >= 0.3 is 0 Å². The van der Waals surface area contributed by atoms with Crippen LogP contribution in [-0.2, 0) is 19.4 Å². The molecule has 1 atom stereocenters. The topological polar surface area (TPSA) is 38.0 Å². The van der Waals surface area contributed by atoms with Gasteiger partial charge in [-0.2, -0.15) is 0 Å². The molecular formula is C15H19FN2O. The fraction of sp³-hybridized carbons (Fsp3) is 0.400. The first-order chi connectivity index (χ1) is 9.00. The van der Waals surface area contributed by atoms with Crippen molar-refractivity contribution in [3.05, 3.63) is 53.9 Å². The molecule has 4 heteroatoms. The van der Waals surface area contributed by atoms with Crippen LogP contribution in [-0.4, -0.2) is 20.3 Å². The molecule has 0 aliphatic rings. The zero-order valence-corrected chi connectivity index (χ0v) is 11.3. The second kappa shape index (κ2) is 5.53. The highest BCUT2D eigenvalue weighted by Gasteiger charge is 2.23. The van der Waals surface area contributed by atoms with E-state index < -0.39 is 5.60 Å². The number of rotatable bonds is 5. The van der Waals surface area contributed by atoms with Crippen LogP contribution in [0.5, 0.6) is 0 Å². The molecule has 1 unspecified atom stereocenters. The Labute approximate surface area is 112 Å². The summed E-state index contributed by atoms with van der Waals surface area (Å²) in [5, 5.41) is 10.5. The molecule has 1 aromatic heterocycles. The first-order valence-corrected chi connectivity index (χ1v) is 6.47. The fourth-order valence-electron chi connectivity index (χ4n) is 2.24. The number of imidazole rings is 1. The molecule has 1 N–H and O–H groups in total. The average Bonchev–Trinajstić information content (AvgIpc) is 2.78. The van der Waals surface area contributed by atoms with E-state index in [1.54, 1.807) is 25.3 Å². The third-order valence-corrected chi connectivity index (χ3v) is 3.18. The first-order valence-electron chi connectivity index (χ1n) is 6.47. The Morgan fingerprint density at radius 2 is 1.95 bits per heavy atom. The van der Waals surface area contributed by atoms with E-state index in [1.807, 2.05) is 17.7 Å². The van der Waals surface area contributed by atoms with E-state index in [4.69, 9.17) is 0 Å². The van der Waals surface area contributed by atoms with E-state index in [0.717, 1.165) is 17.9 Å². The molecule has 0 spiro atoms. The maximum atomic E-state index is 12.8. The van der Waals surface area contributed by atoms with Crippen LogP contribution >= 0.6 is 0 Å². The second-order valence-corrected chi connectivity index (χ2v) is 5.11. The number of aryl methyl sites for hydroxylation is 1. The van der Waals surface area contributed by atoms with Crippen molar-refractivity contribution in [1.29, 1.82) is 0 Å². The maximum absolute atomic E-state index is 12.8. The molecule has 0 bridgehead atoms. The molecule has 2 rings (SSSR count). The molecule has 0 aliphatic carbocycles. The molecule has 0 amide bonds. The molecule has 2 aromatic rings. The molecule has 0 aliphatic heterocycles. The van der Waals surface area contributed by atoms with Gasteiger partial charge in [0.05, 0.1) is 5.60 Å². The molecule has 1 aromatic carbocycles. The lowest BCUT2D eigenvalue weighted by Gasteiger charge is -2.23. The highest BCUT2D eigenvalue weighted by Crippen LogP contribution is 2.18. The largest absolute Gasteiger partial charge is 0.389 e. The molecule has 0 saturated carbocycles. The van der Waals surface area contributed by atoms with Gasteiger partial charge in [0.25, 0.3) is 0 Å². The van der Waals surface area contributed by atoms with E-state index in [1.165, 1.54) is 12.1 Å². The lowest BCUT2D eigenvalue weighted by atomic mass is 9.93. The summed E-state index contributed by atoms with van der Waals surface area (Å²) in [4.78, 5) is 4.27. The maximum Gasteiger partial charge on any atom is 0.123 e. The summed E-state index contributed by atoms with van der Waals surface area (Å²) in [6.07, 6.45) is 4.60. The number of benzene rings is 1. The van der Waals surface area contributed by atoms with Crippen LogP contribution in [0, 0.1) is 5.82 Å². The summed E-state index contributed by atoms with van der Waals surface area (Å²) in [6, 6.07) is 6.24. The first kappa shape index (κ1) is 13.7. The Balaban J connectivity index is 2.08. The van der Waals surface area contributed by atoms with Crippen molar-refractivity contribution >= 4 is 0 Å². The minimum atomic E-state index is -0.893. The predicted molar refractivity (Wildman–Crippen MR) is 72.3 cm³/mol. The number of aliphatic hydroxyl groups is 1. The molecule has 19 heavy (non-hydrogen) atoms. The highest BCUT2D eigenvalue weighted by molar-refractivity contribution is 5.18. The van der Waals surface area contributed by atoms with Gasteiger partial charge in [0.15, 0.2) is 0 Å². The van der Waals surface area contributed by atoms with Crippen molar-refractivity contribution in [2.45, 2.75) is 38.8 Å². The van der Waals surface area contributed by atoms with Crippen LogP contribution in [0.1, 0.15) is 25.2 Å². The summed E-state index contributed by atoms with van der Waals surface area (Å²) >= 11 is 0. The predicted octanol–water partition coefficient (Wildman–Crippen LogP) is 2.58. The standard InChI is InChI=1S/C15H19FN2O/c1-3-18-9-8-17-14(18)11-15(2,19)10-12-4-6-13(16)7-5-12/h4-9,19H,3,10-11H2,1-2H3. The Hall–Kier alpha value is -1.68. The summed E-state index contributed by atoms with van der Waals surface area (Å²) in [5.74, 6) is 0.611. The number of halogens is 1. The van der Waals surface area contributed by atoms with Gasteiger partial charge in [0, 0.05) is 31.8 Å². The van der Waals surface area contributed by atoms with Gasteiger partial charge in [0.2, 0.25) is 0 Å². The summed E-state index contributed by atoms with van der Waals surface area (Å²) in [6.45, 7) is 4.66. The van der Waals surface area contributed by atoms with Crippen molar-refractivity contribution in [2.75, 3.05) is 0 Å². The molecule has 0 radical (unpaired) electrons. The minimum absolute atomic E-state index is 0.259. The summed E-state index contributed by atoms with van der Waals surface area (Å²) in [5.41, 5.74) is 0.0248. The van der Waals surface area contributed by atoms with Crippen LogP contribution in [0.15, 0.2) is 36.7 Å². The van der Waals surface area contributed by atoms with Crippen molar-refractivity contribution in [2.24, 2.45) is 0 Å². The van der Waals surface area contributed by atoms with Gasteiger partial charge in [0.1, 0.15) is 11.6 Å². The number of aromatic nitrogens is 2. The van der Waals surface area contributed by atoms with Gasteiger partial charge in [-0.15, -0.1) is 0 Å². The van der Waals surface area contributed by atoms with Gasteiger partial charge < -0.3 is 9.67 Å². The number of hydrogen-bond donors (Lipinski definition) is 1. The molecule has 3 nitrogen and oxygen atoms in total. The van der Waals surface area contributed by atoms with Crippen molar-refractivity contribution in [1.82, 2.24) is 9.55 Å². The number of hydrogen-bond acceptors (Lipinski definition) is 2. The van der Waals surface area contributed by atoms with Crippen molar-refractivity contribution in [3.63, 3.8) is 0 Å². The zero-order chi connectivity index (χ0) is 13.9. The quantitative estimate of drug-likeness (QED) is 0.899. The van der Waals surface area contributed by atoms with Crippen LogP contribution in [0.25, 0.3) is 0 Å². The normalized spacial score (nSPS) is 14.3. The molecular weight excluding hydrogens is 243 g/mol. The Morgan fingerprint density at radius 1 is 1.26 bits per heavy atom. The average molecular weight is 262 g/mol. The SMILES string of the molecule is CCn1ccnc1CC(C)(O)Cc1ccc(F)cc1. The number of nitrogens with zero attached hydrogens (tertiary/aromatic N) is 2. The molecule has 1 heterocycles. The van der Waals surface area contributed by atoms with Crippen LogP contribution < -0.4 is 0 Å². The van der Waals surface area contributed by atoms with E-state index in [-0.39, 0.29) is 5.82 Å². The van der Waals surface area contributed by atoms with Gasteiger partial charge in [-0.3, -0.25) is 0 Å². The van der Waals surface area contributed by atoms with Crippen LogP contribution in [0.2, 0.25) is 0 Å². The lowest BCUT2D eigenvalue weighted by molar-refractivity contribution is 0.0579. The molecule has 0 saturated heterocycles. The molecule has 102 valence electrons. The third-order valence-electron chi connectivity index (χ3n) is 3.18. The monoisotopic (exact) mass is 262 g/mol. The van der Waals surface area contributed by atoms with Gasteiger partial charge in [-0.25, -0.2) is 9.37 Å². The second-order valence-electron chi connectivity index (χ2n) is 5.11. The smallest absolute Gasteiger partial charge is 0.123 e. The third kappa shape index (κ3) is 3.64. The van der Waals surface area contributed by atoms with E-state index in [9.17, 15) is 9.50 Å². The Kier molecular flexibility index (Phi) is 4.00.